The average molecular weight is 933 g/mol. The van der Waals surface area contributed by atoms with Gasteiger partial charge in [-0.05, 0) is 51.4 Å². The summed E-state index contributed by atoms with van der Waals surface area (Å²) in [5, 5.41) is 23.2. The number of carbonyl (C=O) groups excluding carboxylic acids is 2. The summed E-state index contributed by atoms with van der Waals surface area (Å²) in [4.78, 5) is 24.5. The van der Waals surface area contributed by atoms with Crippen LogP contribution in [0.2, 0.25) is 0 Å². The quantitative estimate of drug-likeness (QED) is 0.0321. The SMILES string of the molecule is CCCCCCCCCCCCCCCC(=O)OCCCCCCCCCCCCCC/C=C\CCCCCCCCCCC(=O)NC(CO)C(O)CCCCCCCCCCCCCC. The average Bonchev–Trinajstić information content (AvgIpc) is 3.32. The molecule has 392 valence electrons. The number of hydrogen-bond donors (Lipinski definition) is 3. The Morgan fingerprint density at radius 1 is 0.409 bits per heavy atom. The summed E-state index contributed by atoms with van der Waals surface area (Å²) in [6, 6.07) is -0.543. The maximum absolute atomic E-state index is 12.4. The Kier molecular flexibility index (Phi) is 55.0. The largest absolute Gasteiger partial charge is 0.466 e. The van der Waals surface area contributed by atoms with Crippen molar-refractivity contribution in [2.24, 2.45) is 0 Å². The standard InChI is InChI=1S/C60H117NO5/c1-3-5-7-9-11-13-15-29-34-38-42-46-50-54-60(65)66-55-51-47-43-39-35-31-28-26-24-22-20-18-17-19-21-23-25-27-30-33-37-41-45-49-53-59(64)61-57(56-62)58(63)52-48-44-40-36-32-16-14-12-10-8-6-4-2/h19,21,57-58,62-63H,3-18,20,22-56H2,1-2H3,(H,61,64)/b21-19-. The lowest BCUT2D eigenvalue weighted by Gasteiger charge is -2.22. The van der Waals surface area contributed by atoms with Crippen molar-refractivity contribution in [3.05, 3.63) is 12.2 Å². The Morgan fingerprint density at radius 2 is 0.712 bits per heavy atom. The molecule has 0 heterocycles. The topological polar surface area (TPSA) is 95.9 Å². The zero-order valence-corrected chi connectivity index (χ0v) is 44.7. The highest BCUT2D eigenvalue weighted by molar-refractivity contribution is 5.76. The van der Waals surface area contributed by atoms with Crippen LogP contribution in [0.1, 0.15) is 335 Å². The van der Waals surface area contributed by atoms with Gasteiger partial charge in [0.25, 0.3) is 0 Å². The van der Waals surface area contributed by atoms with Gasteiger partial charge in [0.2, 0.25) is 5.91 Å². The fourth-order valence-corrected chi connectivity index (χ4v) is 9.46. The van der Waals surface area contributed by atoms with Crippen molar-refractivity contribution >= 4 is 11.9 Å². The highest BCUT2D eigenvalue weighted by Gasteiger charge is 2.20. The maximum Gasteiger partial charge on any atom is 0.305 e. The van der Waals surface area contributed by atoms with E-state index in [-0.39, 0.29) is 18.5 Å². The van der Waals surface area contributed by atoms with Gasteiger partial charge in [-0.3, -0.25) is 9.59 Å². The van der Waals surface area contributed by atoms with E-state index in [0.29, 0.717) is 25.9 Å². The van der Waals surface area contributed by atoms with Crippen molar-refractivity contribution in [2.75, 3.05) is 13.2 Å². The number of allylic oxidation sites excluding steroid dienone is 2. The number of rotatable bonds is 56. The number of aliphatic hydroxyl groups is 2. The third kappa shape index (κ3) is 52.0. The molecular weight excluding hydrogens is 815 g/mol. The van der Waals surface area contributed by atoms with Crippen LogP contribution in [0.25, 0.3) is 0 Å². The molecule has 0 aromatic heterocycles. The maximum atomic E-state index is 12.4. The Morgan fingerprint density at radius 3 is 1.08 bits per heavy atom. The van der Waals surface area contributed by atoms with Crippen molar-refractivity contribution in [3.8, 4) is 0 Å². The molecule has 6 heteroatoms. The normalized spacial score (nSPS) is 12.6. The van der Waals surface area contributed by atoms with Crippen LogP contribution in [-0.2, 0) is 14.3 Å². The molecule has 2 unspecified atom stereocenters. The molecule has 3 N–H and O–H groups in total. The zero-order chi connectivity index (χ0) is 47.9. The second-order valence-corrected chi connectivity index (χ2v) is 20.7. The second-order valence-electron chi connectivity index (χ2n) is 20.7. The van der Waals surface area contributed by atoms with E-state index in [0.717, 1.165) is 38.5 Å². The minimum atomic E-state index is -0.665. The van der Waals surface area contributed by atoms with Crippen LogP contribution in [0.4, 0.5) is 0 Å². The Bertz CT molecular complexity index is 986. The van der Waals surface area contributed by atoms with E-state index in [9.17, 15) is 19.8 Å². The van der Waals surface area contributed by atoms with Gasteiger partial charge in [-0.15, -0.1) is 0 Å². The van der Waals surface area contributed by atoms with Gasteiger partial charge < -0.3 is 20.3 Å². The molecule has 0 aliphatic carbocycles. The number of hydrogen-bond acceptors (Lipinski definition) is 5. The predicted octanol–water partition coefficient (Wildman–Crippen LogP) is 18.5. The van der Waals surface area contributed by atoms with E-state index in [1.54, 1.807) is 0 Å². The smallest absolute Gasteiger partial charge is 0.305 e. The van der Waals surface area contributed by atoms with Gasteiger partial charge in [-0.25, -0.2) is 0 Å². The van der Waals surface area contributed by atoms with E-state index >= 15 is 0 Å². The number of nitrogens with one attached hydrogen (secondary N) is 1. The summed E-state index contributed by atoms with van der Waals surface area (Å²) in [7, 11) is 0. The van der Waals surface area contributed by atoms with Gasteiger partial charge in [0.1, 0.15) is 0 Å². The van der Waals surface area contributed by atoms with Crippen LogP contribution in [0.15, 0.2) is 12.2 Å². The molecule has 0 saturated carbocycles. The number of amides is 1. The zero-order valence-electron chi connectivity index (χ0n) is 44.7. The van der Waals surface area contributed by atoms with Crippen molar-refractivity contribution in [1.82, 2.24) is 5.32 Å². The van der Waals surface area contributed by atoms with E-state index in [1.165, 1.54) is 263 Å². The number of ether oxygens (including phenoxy) is 1. The molecule has 0 spiro atoms. The summed E-state index contributed by atoms with van der Waals surface area (Å²) in [5.41, 5.74) is 0. The highest BCUT2D eigenvalue weighted by atomic mass is 16.5. The molecule has 0 aromatic carbocycles. The summed E-state index contributed by atoms with van der Waals surface area (Å²) in [6.45, 7) is 4.96. The first kappa shape index (κ1) is 64.6. The van der Waals surface area contributed by atoms with E-state index < -0.39 is 12.1 Å². The summed E-state index contributed by atoms with van der Waals surface area (Å²) in [5.74, 6) is -0.0242. The van der Waals surface area contributed by atoms with Gasteiger partial charge >= 0.3 is 5.97 Å². The minimum Gasteiger partial charge on any atom is -0.466 e. The van der Waals surface area contributed by atoms with Crippen molar-refractivity contribution in [1.29, 1.82) is 0 Å². The Balaban J connectivity index is 3.38. The molecule has 0 fully saturated rings. The molecule has 6 nitrogen and oxygen atoms in total. The highest BCUT2D eigenvalue weighted by Crippen LogP contribution is 2.17. The second kappa shape index (κ2) is 56.2. The molecule has 0 radical (unpaired) electrons. The summed E-state index contributed by atoms with van der Waals surface area (Å²) in [6.07, 6.45) is 66.4. The van der Waals surface area contributed by atoms with E-state index in [1.807, 2.05) is 0 Å². The third-order valence-corrected chi connectivity index (χ3v) is 14.1. The first-order valence-corrected chi connectivity index (χ1v) is 29.9. The third-order valence-electron chi connectivity index (χ3n) is 14.1. The lowest BCUT2D eigenvalue weighted by Crippen LogP contribution is -2.45. The lowest BCUT2D eigenvalue weighted by atomic mass is 10.0. The van der Waals surface area contributed by atoms with Gasteiger partial charge in [0, 0.05) is 12.8 Å². The van der Waals surface area contributed by atoms with Crippen LogP contribution in [0.3, 0.4) is 0 Å². The molecule has 66 heavy (non-hydrogen) atoms. The van der Waals surface area contributed by atoms with Crippen LogP contribution < -0.4 is 5.32 Å². The molecule has 0 bridgehead atoms. The Hall–Kier alpha value is -1.40. The number of carbonyl (C=O) groups is 2. The monoisotopic (exact) mass is 932 g/mol. The molecule has 2 atom stereocenters. The molecule has 0 aliphatic heterocycles. The first-order valence-electron chi connectivity index (χ1n) is 29.9. The number of aliphatic hydroxyl groups excluding tert-OH is 2. The lowest BCUT2D eigenvalue weighted by molar-refractivity contribution is -0.143. The minimum absolute atomic E-state index is 0.0145. The van der Waals surface area contributed by atoms with E-state index in [4.69, 9.17) is 4.74 Å². The molecular formula is C60H117NO5. The fraction of sp³-hybridized carbons (Fsp3) is 0.933. The summed E-state index contributed by atoms with van der Waals surface area (Å²) >= 11 is 0. The van der Waals surface area contributed by atoms with E-state index in [2.05, 4.69) is 31.3 Å². The van der Waals surface area contributed by atoms with Crippen molar-refractivity contribution < 1.29 is 24.5 Å². The first-order chi connectivity index (χ1) is 32.5. The van der Waals surface area contributed by atoms with Crippen LogP contribution in [-0.4, -0.2) is 47.4 Å². The summed E-state index contributed by atoms with van der Waals surface area (Å²) < 4.78 is 5.48. The van der Waals surface area contributed by atoms with Crippen LogP contribution in [0, 0.1) is 0 Å². The Labute approximate surface area is 412 Å². The molecule has 0 aliphatic rings. The fourth-order valence-electron chi connectivity index (χ4n) is 9.46. The molecule has 0 aromatic rings. The molecule has 1 amide bonds. The molecule has 0 rings (SSSR count). The number of unbranched alkanes of at least 4 members (excludes halogenated alkanes) is 43. The van der Waals surface area contributed by atoms with Crippen LogP contribution in [0.5, 0.6) is 0 Å². The molecule has 0 saturated heterocycles. The van der Waals surface area contributed by atoms with Crippen molar-refractivity contribution in [3.63, 3.8) is 0 Å². The van der Waals surface area contributed by atoms with Crippen molar-refractivity contribution in [2.45, 2.75) is 347 Å². The van der Waals surface area contributed by atoms with Gasteiger partial charge in [0.15, 0.2) is 0 Å². The van der Waals surface area contributed by atoms with Gasteiger partial charge in [-0.2, -0.15) is 0 Å². The van der Waals surface area contributed by atoms with Gasteiger partial charge in [-0.1, -0.05) is 283 Å². The van der Waals surface area contributed by atoms with Crippen LogP contribution >= 0.6 is 0 Å². The predicted molar refractivity (Wildman–Crippen MR) is 287 cm³/mol. The van der Waals surface area contributed by atoms with Gasteiger partial charge in [0.05, 0.1) is 25.4 Å². The number of esters is 1.